The number of hydrogen-bond donors (Lipinski definition) is 0. The quantitative estimate of drug-likeness (QED) is 0.0600. The Morgan fingerprint density at radius 2 is 0.744 bits per heavy atom. The molecule has 0 N–H and O–H groups in total. The molecule has 0 bridgehead atoms. The van der Waals surface area contributed by atoms with Gasteiger partial charge in [-0.1, -0.05) is 201 Å². The van der Waals surface area contributed by atoms with Crippen LogP contribution in [0, 0.1) is 5.92 Å². The van der Waals surface area contributed by atoms with Crippen LogP contribution in [-0.4, -0.2) is 12.6 Å². The van der Waals surface area contributed by atoms with Crippen molar-refractivity contribution in [3.05, 3.63) is 0 Å². The first-order valence-electron chi connectivity index (χ1n) is 18.3. The highest BCUT2D eigenvalue weighted by Gasteiger charge is 2.03. The van der Waals surface area contributed by atoms with Crippen molar-refractivity contribution in [2.45, 2.75) is 220 Å². The highest BCUT2D eigenvalue weighted by atomic mass is 16.5. The van der Waals surface area contributed by atoms with E-state index in [0.717, 1.165) is 18.8 Å². The summed E-state index contributed by atoms with van der Waals surface area (Å²) in [6, 6.07) is 0. The highest BCUT2D eigenvalue weighted by Crippen LogP contribution is 2.16. The maximum absolute atomic E-state index is 11.9. The minimum atomic E-state index is 0.0243. The minimum absolute atomic E-state index is 0.0243. The summed E-state index contributed by atoms with van der Waals surface area (Å²) >= 11 is 0. The number of carbonyl (C=O) groups excluding carboxylic acids is 1. The zero-order valence-electron chi connectivity index (χ0n) is 27.5. The van der Waals surface area contributed by atoms with Gasteiger partial charge in [-0.15, -0.1) is 0 Å². The first kappa shape index (κ1) is 38.5. The standard InChI is InChI=1S/C37H74O2/c1-4-5-6-7-8-21-25-28-31-34-37(38)39-35-32-29-26-23-20-18-16-14-12-10-9-11-13-15-17-19-22-24-27-30-33-36(2)3/h36H,4-35H2,1-3H3. The molecule has 0 spiro atoms. The Hall–Kier alpha value is -0.530. The van der Waals surface area contributed by atoms with Crippen LogP contribution in [0.4, 0.5) is 0 Å². The average molecular weight is 551 g/mol. The van der Waals surface area contributed by atoms with E-state index in [9.17, 15) is 4.79 Å². The first-order chi connectivity index (χ1) is 19.2. The van der Waals surface area contributed by atoms with Gasteiger partial charge in [-0.3, -0.25) is 4.79 Å². The van der Waals surface area contributed by atoms with Crippen molar-refractivity contribution in [2.24, 2.45) is 5.92 Å². The van der Waals surface area contributed by atoms with E-state index in [2.05, 4.69) is 20.8 Å². The van der Waals surface area contributed by atoms with Crippen LogP contribution in [0.2, 0.25) is 0 Å². The van der Waals surface area contributed by atoms with E-state index in [4.69, 9.17) is 4.74 Å². The Morgan fingerprint density at radius 3 is 1.10 bits per heavy atom. The van der Waals surface area contributed by atoms with Crippen LogP contribution >= 0.6 is 0 Å². The zero-order valence-corrected chi connectivity index (χ0v) is 27.5. The molecule has 0 heterocycles. The van der Waals surface area contributed by atoms with Gasteiger partial charge in [0.05, 0.1) is 6.61 Å². The Kier molecular flexibility index (Phi) is 33.2. The third kappa shape index (κ3) is 35.4. The fraction of sp³-hybridized carbons (Fsp3) is 0.973. The van der Waals surface area contributed by atoms with Crippen molar-refractivity contribution in [3.8, 4) is 0 Å². The minimum Gasteiger partial charge on any atom is -0.466 e. The molecule has 2 nitrogen and oxygen atoms in total. The third-order valence-electron chi connectivity index (χ3n) is 8.42. The number of unbranched alkanes of at least 4 members (excludes halogenated alkanes) is 27. The Morgan fingerprint density at radius 1 is 0.436 bits per heavy atom. The number of ether oxygens (including phenoxy) is 1. The van der Waals surface area contributed by atoms with E-state index in [1.54, 1.807) is 0 Å². The van der Waals surface area contributed by atoms with Gasteiger partial charge in [0.2, 0.25) is 0 Å². The summed E-state index contributed by atoms with van der Waals surface area (Å²) in [7, 11) is 0. The summed E-state index contributed by atoms with van der Waals surface area (Å²) in [6.07, 6.45) is 41.7. The summed E-state index contributed by atoms with van der Waals surface area (Å²) < 4.78 is 5.42. The van der Waals surface area contributed by atoms with Crippen LogP contribution in [0.5, 0.6) is 0 Å². The molecule has 2 heteroatoms. The largest absolute Gasteiger partial charge is 0.466 e. The second-order valence-corrected chi connectivity index (χ2v) is 13.1. The number of hydrogen-bond acceptors (Lipinski definition) is 2. The molecule has 0 aromatic heterocycles. The van der Waals surface area contributed by atoms with Crippen molar-refractivity contribution >= 4 is 5.97 Å². The highest BCUT2D eigenvalue weighted by molar-refractivity contribution is 5.69. The molecule has 234 valence electrons. The Bertz CT molecular complexity index is 458. The molecule has 0 aliphatic carbocycles. The summed E-state index contributed by atoms with van der Waals surface area (Å²) in [5, 5.41) is 0. The maximum Gasteiger partial charge on any atom is 0.305 e. The molecular formula is C37H74O2. The van der Waals surface area contributed by atoms with Crippen molar-refractivity contribution in [1.29, 1.82) is 0 Å². The predicted molar refractivity (Wildman–Crippen MR) is 175 cm³/mol. The maximum atomic E-state index is 11.9. The molecule has 0 saturated heterocycles. The number of carbonyl (C=O) groups is 1. The van der Waals surface area contributed by atoms with E-state index < -0.39 is 0 Å². The summed E-state index contributed by atoms with van der Waals surface area (Å²) in [6.45, 7) is 7.58. The molecular weight excluding hydrogens is 476 g/mol. The lowest BCUT2D eigenvalue weighted by molar-refractivity contribution is -0.143. The van der Waals surface area contributed by atoms with Gasteiger partial charge < -0.3 is 4.74 Å². The van der Waals surface area contributed by atoms with Gasteiger partial charge in [-0.05, 0) is 18.8 Å². The van der Waals surface area contributed by atoms with Crippen LogP contribution in [0.1, 0.15) is 220 Å². The molecule has 39 heavy (non-hydrogen) atoms. The second kappa shape index (κ2) is 33.7. The van der Waals surface area contributed by atoms with Gasteiger partial charge in [-0.25, -0.2) is 0 Å². The number of rotatable bonds is 33. The molecule has 0 atom stereocenters. The van der Waals surface area contributed by atoms with E-state index in [1.165, 1.54) is 180 Å². The Labute approximate surface area is 247 Å². The Balaban J connectivity index is 3.12. The van der Waals surface area contributed by atoms with E-state index in [0.29, 0.717) is 13.0 Å². The molecule has 0 unspecified atom stereocenters. The molecule has 0 amide bonds. The molecule has 0 fully saturated rings. The summed E-state index contributed by atoms with van der Waals surface area (Å²) in [4.78, 5) is 11.9. The number of esters is 1. The molecule has 0 saturated carbocycles. The summed E-state index contributed by atoms with van der Waals surface area (Å²) in [5.74, 6) is 0.909. The molecule has 0 aromatic carbocycles. The first-order valence-corrected chi connectivity index (χ1v) is 18.3. The molecule has 0 radical (unpaired) electrons. The second-order valence-electron chi connectivity index (χ2n) is 13.1. The monoisotopic (exact) mass is 551 g/mol. The van der Waals surface area contributed by atoms with Crippen molar-refractivity contribution < 1.29 is 9.53 Å². The zero-order chi connectivity index (χ0) is 28.5. The van der Waals surface area contributed by atoms with Gasteiger partial charge in [-0.2, -0.15) is 0 Å². The van der Waals surface area contributed by atoms with Crippen LogP contribution < -0.4 is 0 Å². The van der Waals surface area contributed by atoms with Gasteiger partial charge in [0, 0.05) is 6.42 Å². The van der Waals surface area contributed by atoms with Gasteiger partial charge in [0.1, 0.15) is 0 Å². The lowest BCUT2D eigenvalue weighted by Gasteiger charge is -2.06. The van der Waals surface area contributed by atoms with Crippen LogP contribution in [-0.2, 0) is 9.53 Å². The predicted octanol–water partition coefficient (Wildman–Crippen LogP) is 13.3. The fourth-order valence-corrected chi connectivity index (χ4v) is 5.67. The van der Waals surface area contributed by atoms with Gasteiger partial charge in [0.25, 0.3) is 0 Å². The lowest BCUT2D eigenvalue weighted by atomic mass is 10.0. The summed E-state index contributed by atoms with van der Waals surface area (Å²) in [5.41, 5.74) is 0. The average Bonchev–Trinajstić information content (AvgIpc) is 2.92. The van der Waals surface area contributed by atoms with E-state index in [1.807, 2.05) is 0 Å². The topological polar surface area (TPSA) is 26.3 Å². The van der Waals surface area contributed by atoms with E-state index in [-0.39, 0.29) is 5.97 Å². The normalized spacial score (nSPS) is 11.5. The smallest absolute Gasteiger partial charge is 0.305 e. The molecule has 0 aliphatic heterocycles. The van der Waals surface area contributed by atoms with Crippen molar-refractivity contribution in [1.82, 2.24) is 0 Å². The third-order valence-corrected chi connectivity index (χ3v) is 8.42. The van der Waals surface area contributed by atoms with Gasteiger partial charge in [0.15, 0.2) is 0 Å². The van der Waals surface area contributed by atoms with Crippen LogP contribution in [0.3, 0.4) is 0 Å². The van der Waals surface area contributed by atoms with Crippen molar-refractivity contribution in [3.63, 3.8) is 0 Å². The van der Waals surface area contributed by atoms with E-state index >= 15 is 0 Å². The fourth-order valence-electron chi connectivity index (χ4n) is 5.67. The van der Waals surface area contributed by atoms with Crippen LogP contribution in [0.25, 0.3) is 0 Å². The van der Waals surface area contributed by atoms with Crippen molar-refractivity contribution in [2.75, 3.05) is 6.61 Å². The van der Waals surface area contributed by atoms with Crippen LogP contribution in [0.15, 0.2) is 0 Å². The molecule has 0 aliphatic rings. The lowest BCUT2D eigenvalue weighted by Crippen LogP contribution is -2.05. The molecule has 0 rings (SSSR count). The SMILES string of the molecule is CCCCCCCCCCCC(=O)OCCCCCCCCCCCCCCCCCCCCCCC(C)C. The van der Waals surface area contributed by atoms with Gasteiger partial charge >= 0.3 is 5.97 Å². The molecule has 0 aromatic rings.